The minimum Gasteiger partial charge on any atom is -0.492 e. The van der Waals surface area contributed by atoms with Crippen LogP contribution < -0.4 is 16.0 Å². The zero-order valence-electron chi connectivity index (χ0n) is 11.6. The second-order valence-corrected chi connectivity index (χ2v) is 5.37. The average molecular weight is 336 g/mol. The van der Waals surface area contributed by atoms with Crippen LogP contribution in [-0.4, -0.2) is 11.6 Å². The van der Waals surface area contributed by atoms with Crippen LogP contribution in [0.4, 0.5) is 0 Å². The third kappa shape index (κ3) is 3.36. The molecule has 0 bridgehead atoms. The van der Waals surface area contributed by atoms with Crippen LogP contribution in [0.5, 0.6) is 5.75 Å². The number of hydrogen-bond donors (Lipinski definition) is 2. The van der Waals surface area contributed by atoms with Crippen molar-refractivity contribution in [3.05, 3.63) is 57.8 Å². The Labute approximate surface area is 127 Å². The molecule has 1 unspecified atom stereocenters. The maximum absolute atomic E-state index is 5.74. The standard InChI is InChI=1S/C15H18BrN3O/c1-3-20-12-7-11(8-18-9-12)15(19-17)13-6-10(2)4-5-14(13)16/h4-9,15,19H,3,17H2,1-2H3. The number of pyridine rings is 1. The van der Waals surface area contributed by atoms with E-state index in [1.807, 2.05) is 19.1 Å². The van der Waals surface area contributed by atoms with E-state index in [1.165, 1.54) is 5.56 Å². The van der Waals surface area contributed by atoms with E-state index in [2.05, 4.69) is 45.4 Å². The van der Waals surface area contributed by atoms with Crippen molar-refractivity contribution >= 4 is 15.9 Å². The van der Waals surface area contributed by atoms with Crippen molar-refractivity contribution in [3.8, 4) is 5.75 Å². The number of rotatable bonds is 5. The highest BCUT2D eigenvalue weighted by Crippen LogP contribution is 2.30. The summed E-state index contributed by atoms with van der Waals surface area (Å²) in [6.45, 7) is 4.61. The normalized spacial score (nSPS) is 12.2. The molecule has 1 aromatic carbocycles. The molecule has 0 saturated carbocycles. The van der Waals surface area contributed by atoms with E-state index in [0.717, 1.165) is 21.3 Å². The van der Waals surface area contributed by atoms with Gasteiger partial charge in [0.1, 0.15) is 5.75 Å². The summed E-state index contributed by atoms with van der Waals surface area (Å²) in [7, 11) is 0. The highest BCUT2D eigenvalue weighted by Gasteiger charge is 2.16. The summed E-state index contributed by atoms with van der Waals surface area (Å²) in [5, 5.41) is 0. The Balaban J connectivity index is 2.41. The lowest BCUT2D eigenvalue weighted by Crippen LogP contribution is -2.29. The maximum Gasteiger partial charge on any atom is 0.137 e. The van der Waals surface area contributed by atoms with Gasteiger partial charge in [-0.3, -0.25) is 10.8 Å². The van der Waals surface area contributed by atoms with E-state index in [0.29, 0.717) is 6.61 Å². The molecule has 0 aliphatic heterocycles. The number of aromatic nitrogens is 1. The highest BCUT2D eigenvalue weighted by molar-refractivity contribution is 9.10. The number of aryl methyl sites for hydroxylation is 1. The summed E-state index contributed by atoms with van der Waals surface area (Å²) < 4.78 is 6.50. The molecule has 4 nitrogen and oxygen atoms in total. The van der Waals surface area contributed by atoms with Gasteiger partial charge in [0, 0.05) is 10.7 Å². The molecule has 0 fully saturated rings. The lowest BCUT2D eigenvalue weighted by molar-refractivity contribution is 0.338. The first-order chi connectivity index (χ1) is 9.65. The molecule has 0 spiro atoms. The van der Waals surface area contributed by atoms with Crippen LogP contribution in [-0.2, 0) is 0 Å². The van der Waals surface area contributed by atoms with Crippen LogP contribution >= 0.6 is 15.9 Å². The zero-order chi connectivity index (χ0) is 14.5. The summed E-state index contributed by atoms with van der Waals surface area (Å²) in [5.74, 6) is 6.48. The highest BCUT2D eigenvalue weighted by atomic mass is 79.9. The van der Waals surface area contributed by atoms with Gasteiger partial charge in [-0.25, -0.2) is 5.43 Å². The Morgan fingerprint density at radius 3 is 2.85 bits per heavy atom. The summed E-state index contributed by atoms with van der Waals surface area (Å²) in [4.78, 5) is 4.21. The second-order valence-electron chi connectivity index (χ2n) is 4.51. The summed E-state index contributed by atoms with van der Waals surface area (Å²) in [5.41, 5.74) is 6.06. The van der Waals surface area contributed by atoms with E-state index < -0.39 is 0 Å². The Morgan fingerprint density at radius 2 is 2.15 bits per heavy atom. The molecule has 0 amide bonds. The molecule has 0 radical (unpaired) electrons. The van der Waals surface area contributed by atoms with E-state index >= 15 is 0 Å². The second kappa shape index (κ2) is 6.83. The van der Waals surface area contributed by atoms with Gasteiger partial charge in [0.2, 0.25) is 0 Å². The first-order valence-electron chi connectivity index (χ1n) is 6.45. The van der Waals surface area contributed by atoms with Crippen LogP contribution in [0, 0.1) is 6.92 Å². The largest absolute Gasteiger partial charge is 0.492 e. The Kier molecular flexibility index (Phi) is 5.11. The Morgan fingerprint density at radius 1 is 1.35 bits per heavy atom. The van der Waals surface area contributed by atoms with Gasteiger partial charge in [0.15, 0.2) is 0 Å². The molecular formula is C15H18BrN3O. The molecule has 1 aromatic heterocycles. The van der Waals surface area contributed by atoms with Crippen LogP contribution in [0.3, 0.4) is 0 Å². The van der Waals surface area contributed by atoms with Crippen molar-refractivity contribution in [1.29, 1.82) is 0 Å². The van der Waals surface area contributed by atoms with E-state index in [1.54, 1.807) is 12.4 Å². The fourth-order valence-electron chi connectivity index (χ4n) is 2.09. The molecule has 0 aliphatic carbocycles. The maximum atomic E-state index is 5.74. The van der Waals surface area contributed by atoms with E-state index in [4.69, 9.17) is 10.6 Å². The SMILES string of the molecule is CCOc1cncc(C(NN)c2cc(C)ccc2Br)c1. The topological polar surface area (TPSA) is 60.2 Å². The number of hydrazine groups is 1. The number of benzene rings is 1. The molecule has 5 heteroatoms. The van der Waals surface area contributed by atoms with Gasteiger partial charge in [0.25, 0.3) is 0 Å². The fraction of sp³-hybridized carbons (Fsp3) is 0.267. The molecule has 2 aromatic rings. The Bertz CT molecular complexity index is 589. The van der Waals surface area contributed by atoms with Crippen molar-refractivity contribution in [1.82, 2.24) is 10.4 Å². The van der Waals surface area contributed by atoms with Gasteiger partial charge in [-0.1, -0.05) is 33.6 Å². The van der Waals surface area contributed by atoms with Gasteiger partial charge >= 0.3 is 0 Å². The monoisotopic (exact) mass is 335 g/mol. The molecule has 0 aliphatic rings. The number of nitrogens with two attached hydrogens (primary N) is 1. The van der Waals surface area contributed by atoms with E-state index in [-0.39, 0.29) is 6.04 Å². The van der Waals surface area contributed by atoms with Gasteiger partial charge < -0.3 is 4.74 Å². The zero-order valence-corrected chi connectivity index (χ0v) is 13.1. The third-order valence-electron chi connectivity index (χ3n) is 3.01. The van der Waals surface area contributed by atoms with Crippen molar-refractivity contribution in [2.45, 2.75) is 19.9 Å². The van der Waals surface area contributed by atoms with Crippen LogP contribution in [0.15, 0.2) is 41.1 Å². The van der Waals surface area contributed by atoms with Gasteiger partial charge in [-0.2, -0.15) is 0 Å². The smallest absolute Gasteiger partial charge is 0.137 e. The minimum absolute atomic E-state index is 0.141. The van der Waals surface area contributed by atoms with Crippen molar-refractivity contribution in [3.63, 3.8) is 0 Å². The molecule has 20 heavy (non-hydrogen) atoms. The minimum atomic E-state index is -0.141. The predicted octanol–water partition coefficient (Wildman–Crippen LogP) is 3.10. The number of ether oxygens (including phenoxy) is 1. The van der Waals surface area contributed by atoms with Crippen LogP contribution in [0.25, 0.3) is 0 Å². The quantitative estimate of drug-likeness (QED) is 0.651. The summed E-state index contributed by atoms with van der Waals surface area (Å²) in [6.07, 6.45) is 3.49. The number of halogens is 1. The number of nitrogens with one attached hydrogen (secondary N) is 1. The number of nitrogens with zero attached hydrogens (tertiary/aromatic N) is 1. The molecular weight excluding hydrogens is 318 g/mol. The average Bonchev–Trinajstić information content (AvgIpc) is 2.44. The van der Waals surface area contributed by atoms with Crippen LogP contribution in [0.1, 0.15) is 29.7 Å². The molecule has 2 rings (SSSR count). The first kappa shape index (κ1) is 15.0. The molecule has 3 N–H and O–H groups in total. The first-order valence-corrected chi connectivity index (χ1v) is 7.25. The van der Waals surface area contributed by atoms with Crippen LogP contribution in [0.2, 0.25) is 0 Å². The predicted molar refractivity (Wildman–Crippen MR) is 83.5 cm³/mol. The van der Waals surface area contributed by atoms with Crippen molar-refractivity contribution in [2.24, 2.45) is 5.84 Å². The van der Waals surface area contributed by atoms with E-state index in [9.17, 15) is 0 Å². The molecule has 1 atom stereocenters. The van der Waals surface area contributed by atoms with Gasteiger partial charge in [-0.15, -0.1) is 0 Å². The molecule has 1 heterocycles. The fourth-order valence-corrected chi connectivity index (χ4v) is 2.56. The third-order valence-corrected chi connectivity index (χ3v) is 3.73. The Hall–Kier alpha value is -1.43. The van der Waals surface area contributed by atoms with Gasteiger partial charge in [0.05, 0.1) is 18.8 Å². The molecule has 106 valence electrons. The lowest BCUT2D eigenvalue weighted by Gasteiger charge is -2.19. The summed E-state index contributed by atoms with van der Waals surface area (Å²) >= 11 is 3.57. The summed E-state index contributed by atoms with van der Waals surface area (Å²) in [6, 6.07) is 7.99. The van der Waals surface area contributed by atoms with Crippen molar-refractivity contribution in [2.75, 3.05) is 6.61 Å². The van der Waals surface area contributed by atoms with Crippen molar-refractivity contribution < 1.29 is 4.74 Å². The number of hydrogen-bond acceptors (Lipinski definition) is 4. The molecule has 0 saturated heterocycles. The van der Waals surface area contributed by atoms with Gasteiger partial charge in [-0.05, 0) is 37.1 Å². The lowest BCUT2D eigenvalue weighted by atomic mass is 9.99.